The molecular weight excluding hydrogens is 227 g/mol. The number of hydrogen-bond donors (Lipinski definition) is 1. The molecule has 2 rings (SSSR count). The molecule has 1 atom stereocenters. The van der Waals surface area contributed by atoms with Crippen molar-refractivity contribution in [3.05, 3.63) is 29.6 Å². The van der Waals surface area contributed by atoms with E-state index in [2.05, 4.69) is 24.1 Å². The van der Waals surface area contributed by atoms with Crippen molar-refractivity contribution in [2.45, 2.75) is 45.2 Å². The molecular formula is C15H23FN2. The fourth-order valence-corrected chi connectivity index (χ4v) is 2.63. The van der Waals surface area contributed by atoms with Crippen molar-refractivity contribution < 1.29 is 4.39 Å². The topological polar surface area (TPSA) is 15.3 Å². The molecule has 1 aromatic rings. The van der Waals surface area contributed by atoms with Crippen LogP contribution in [0.25, 0.3) is 0 Å². The van der Waals surface area contributed by atoms with Crippen molar-refractivity contribution in [2.24, 2.45) is 0 Å². The average molecular weight is 250 g/mol. The lowest BCUT2D eigenvalue weighted by Crippen LogP contribution is -2.38. The van der Waals surface area contributed by atoms with Crippen LogP contribution in [0.3, 0.4) is 0 Å². The van der Waals surface area contributed by atoms with Crippen LogP contribution in [0.4, 0.5) is 10.1 Å². The first-order chi connectivity index (χ1) is 8.65. The van der Waals surface area contributed by atoms with Crippen LogP contribution >= 0.6 is 0 Å². The van der Waals surface area contributed by atoms with E-state index in [1.165, 1.54) is 19.3 Å². The van der Waals surface area contributed by atoms with E-state index < -0.39 is 0 Å². The number of para-hydroxylation sites is 1. The molecule has 0 aliphatic heterocycles. The van der Waals surface area contributed by atoms with Crippen molar-refractivity contribution in [2.75, 3.05) is 18.5 Å². The van der Waals surface area contributed by atoms with Crippen LogP contribution in [0.15, 0.2) is 18.2 Å². The van der Waals surface area contributed by atoms with Gasteiger partial charge in [0, 0.05) is 19.1 Å². The third-order valence-corrected chi connectivity index (χ3v) is 3.97. The van der Waals surface area contributed by atoms with Crippen LogP contribution in [-0.2, 0) is 0 Å². The Morgan fingerprint density at radius 1 is 1.44 bits per heavy atom. The number of rotatable bonds is 5. The van der Waals surface area contributed by atoms with Crippen molar-refractivity contribution in [1.29, 1.82) is 0 Å². The molecule has 2 nitrogen and oxygen atoms in total. The summed E-state index contributed by atoms with van der Waals surface area (Å²) in [5, 5.41) is 3.37. The van der Waals surface area contributed by atoms with E-state index in [0.29, 0.717) is 6.04 Å². The minimum absolute atomic E-state index is 0.105. The summed E-state index contributed by atoms with van der Waals surface area (Å²) >= 11 is 0. The molecule has 3 heteroatoms. The third kappa shape index (κ3) is 2.51. The van der Waals surface area contributed by atoms with E-state index in [1.54, 1.807) is 12.1 Å². The van der Waals surface area contributed by atoms with Gasteiger partial charge >= 0.3 is 0 Å². The van der Waals surface area contributed by atoms with Crippen LogP contribution in [0.2, 0.25) is 0 Å². The van der Waals surface area contributed by atoms with Crippen LogP contribution in [0.5, 0.6) is 0 Å². The number of halogens is 1. The first-order valence-electron chi connectivity index (χ1n) is 6.89. The van der Waals surface area contributed by atoms with Crippen molar-refractivity contribution >= 4 is 5.69 Å². The molecule has 1 aliphatic carbocycles. The van der Waals surface area contributed by atoms with Crippen molar-refractivity contribution in [3.8, 4) is 0 Å². The Bertz CT molecular complexity index is 401. The molecule has 1 aliphatic rings. The smallest absolute Gasteiger partial charge is 0.146 e. The minimum atomic E-state index is -0.105. The number of anilines is 1. The van der Waals surface area contributed by atoms with Crippen LogP contribution < -0.4 is 10.2 Å². The number of nitrogens with one attached hydrogen (secondary N) is 1. The molecule has 0 saturated heterocycles. The second-order valence-corrected chi connectivity index (χ2v) is 5.15. The Hall–Kier alpha value is -1.09. The molecule has 18 heavy (non-hydrogen) atoms. The van der Waals surface area contributed by atoms with E-state index in [0.717, 1.165) is 17.8 Å². The van der Waals surface area contributed by atoms with Gasteiger partial charge in [0.25, 0.3) is 0 Å². The quantitative estimate of drug-likeness (QED) is 0.860. The van der Waals surface area contributed by atoms with E-state index in [4.69, 9.17) is 0 Å². The maximum absolute atomic E-state index is 14.2. The monoisotopic (exact) mass is 250 g/mol. The zero-order chi connectivity index (χ0) is 13.1. The highest BCUT2D eigenvalue weighted by atomic mass is 19.1. The largest absolute Gasteiger partial charge is 0.369 e. The highest BCUT2D eigenvalue weighted by Gasteiger charge is 2.26. The average Bonchev–Trinajstić information content (AvgIpc) is 2.26. The Labute approximate surface area is 109 Å². The summed E-state index contributed by atoms with van der Waals surface area (Å²) in [5.74, 6) is -0.105. The van der Waals surface area contributed by atoms with Gasteiger partial charge in [0.15, 0.2) is 0 Å². The van der Waals surface area contributed by atoms with E-state index in [1.807, 2.05) is 13.1 Å². The van der Waals surface area contributed by atoms with Gasteiger partial charge in [0.1, 0.15) is 5.82 Å². The highest BCUT2D eigenvalue weighted by Crippen LogP contribution is 2.34. The zero-order valence-electron chi connectivity index (χ0n) is 11.5. The Kier molecular flexibility index (Phi) is 4.23. The summed E-state index contributed by atoms with van der Waals surface area (Å²) < 4.78 is 14.2. The van der Waals surface area contributed by atoms with E-state index in [9.17, 15) is 4.39 Å². The van der Waals surface area contributed by atoms with Gasteiger partial charge < -0.3 is 10.2 Å². The number of hydrogen-bond acceptors (Lipinski definition) is 2. The van der Waals surface area contributed by atoms with Gasteiger partial charge in [0.2, 0.25) is 0 Å². The fourth-order valence-electron chi connectivity index (χ4n) is 2.63. The highest BCUT2D eigenvalue weighted by molar-refractivity contribution is 5.56. The first kappa shape index (κ1) is 13.3. The molecule has 1 saturated carbocycles. The molecule has 1 aromatic carbocycles. The summed E-state index contributed by atoms with van der Waals surface area (Å²) in [5.41, 5.74) is 1.84. The molecule has 1 fully saturated rings. The van der Waals surface area contributed by atoms with Crippen LogP contribution in [-0.4, -0.2) is 19.6 Å². The zero-order valence-corrected chi connectivity index (χ0v) is 11.5. The molecule has 100 valence electrons. The predicted molar refractivity (Wildman–Crippen MR) is 74.5 cm³/mol. The Morgan fingerprint density at radius 2 is 2.17 bits per heavy atom. The summed E-state index contributed by atoms with van der Waals surface area (Å²) in [6, 6.07) is 6.09. The van der Waals surface area contributed by atoms with Crippen molar-refractivity contribution in [3.63, 3.8) is 0 Å². The third-order valence-electron chi connectivity index (χ3n) is 3.97. The molecule has 0 bridgehead atoms. The lowest BCUT2D eigenvalue weighted by Gasteiger charge is -2.38. The summed E-state index contributed by atoms with van der Waals surface area (Å²) in [7, 11) is 2.02. The van der Waals surface area contributed by atoms with Gasteiger partial charge in [-0.15, -0.1) is 0 Å². The van der Waals surface area contributed by atoms with Crippen LogP contribution in [0, 0.1) is 5.82 Å². The normalized spacial score (nSPS) is 17.3. The Balaban J connectivity index is 2.30. The first-order valence-corrected chi connectivity index (χ1v) is 6.89. The minimum Gasteiger partial charge on any atom is -0.369 e. The summed E-state index contributed by atoms with van der Waals surface area (Å²) in [4.78, 5) is 2.13. The maximum atomic E-state index is 14.2. The van der Waals surface area contributed by atoms with E-state index >= 15 is 0 Å². The lowest BCUT2D eigenvalue weighted by atomic mass is 9.90. The Morgan fingerprint density at radius 3 is 2.72 bits per heavy atom. The number of benzene rings is 1. The number of nitrogens with zero attached hydrogens (tertiary/aromatic N) is 1. The summed E-state index contributed by atoms with van der Waals surface area (Å²) in [6.07, 6.45) is 3.63. The van der Waals surface area contributed by atoms with Gasteiger partial charge in [-0.25, -0.2) is 4.39 Å². The van der Waals surface area contributed by atoms with E-state index in [-0.39, 0.29) is 11.9 Å². The maximum Gasteiger partial charge on any atom is 0.146 e. The molecule has 0 amide bonds. The SMILES string of the molecule is CCNC(C)c1cccc(F)c1N(C)C1CCC1. The molecule has 0 aromatic heterocycles. The second kappa shape index (κ2) is 5.70. The molecule has 1 unspecified atom stereocenters. The molecule has 1 N–H and O–H groups in total. The standard InChI is InChI=1S/C15H23FN2/c1-4-17-11(2)13-9-6-10-14(16)15(13)18(3)12-7-5-8-12/h6,9-12,17H,4-5,7-8H2,1-3H3. The fraction of sp³-hybridized carbons (Fsp3) is 0.600. The molecule has 0 heterocycles. The van der Waals surface area contributed by atoms with Gasteiger partial charge in [-0.3, -0.25) is 0 Å². The van der Waals surface area contributed by atoms with Gasteiger partial charge in [-0.05, 0) is 44.4 Å². The van der Waals surface area contributed by atoms with Crippen molar-refractivity contribution in [1.82, 2.24) is 5.32 Å². The predicted octanol–water partition coefficient (Wildman–Crippen LogP) is 3.48. The molecule has 0 spiro atoms. The van der Waals surface area contributed by atoms with Crippen LogP contribution in [0.1, 0.15) is 44.7 Å². The van der Waals surface area contributed by atoms with Gasteiger partial charge in [-0.2, -0.15) is 0 Å². The lowest BCUT2D eigenvalue weighted by molar-refractivity contribution is 0.396. The second-order valence-electron chi connectivity index (χ2n) is 5.15. The van der Waals surface area contributed by atoms with Gasteiger partial charge in [0.05, 0.1) is 5.69 Å². The van der Waals surface area contributed by atoms with Gasteiger partial charge in [-0.1, -0.05) is 19.1 Å². The molecule has 0 radical (unpaired) electrons. The summed E-state index contributed by atoms with van der Waals surface area (Å²) in [6.45, 7) is 5.06.